The summed E-state index contributed by atoms with van der Waals surface area (Å²) in [6.07, 6.45) is 1.57. The second-order valence-electron chi connectivity index (χ2n) is 12.9. The predicted octanol–water partition coefficient (Wildman–Crippen LogP) is 12.9. The molecule has 0 amide bonds. The molecule has 0 aliphatic carbocycles. The van der Waals surface area contributed by atoms with E-state index in [4.69, 9.17) is 9.98 Å². The third kappa shape index (κ3) is 4.14. The normalized spacial score (nSPS) is 14.6. The summed E-state index contributed by atoms with van der Waals surface area (Å²) in [4.78, 5) is 10.2. The van der Waals surface area contributed by atoms with E-state index in [-0.39, 0.29) is 6.29 Å². The van der Waals surface area contributed by atoms with Crippen LogP contribution in [0.5, 0.6) is 0 Å². The van der Waals surface area contributed by atoms with Gasteiger partial charge in [-0.15, -0.1) is 22.7 Å². The summed E-state index contributed by atoms with van der Waals surface area (Å²) in [6.45, 7) is 0. The summed E-state index contributed by atoms with van der Waals surface area (Å²) < 4.78 is 7.59. The van der Waals surface area contributed by atoms with Crippen molar-refractivity contribution in [3.63, 3.8) is 0 Å². The van der Waals surface area contributed by atoms with Gasteiger partial charge in [0, 0.05) is 56.7 Å². The van der Waals surface area contributed by atoms with Gasteiger partial charge in [-0.2, -0.15) is 0 Å². The minimum Gasteiger partial charge on any atom is -0.299 e. The van der Waals surface area contributed by atoms with Crippen molar-refractivity contribution >= 4 is 96.8 Å². The maximum absolute atomic E-state index is 5.19. The maximum atomic E-state index is 5.19. The smallest absolute Gasteiger partial charge is 0.221 e. The van der Waals surface area contributed by atoms with Crippen LogP contribution in [0, 0.1) is 0 Å². The zero-order chi connectivity index (χ0) is 32.8. The standard InChI is InChI=1S/C45H27N3S2/c1-4-16-39-32(9-1)37-25-29(31-13-8-15-36-34-11-3-6-18-42(34)50-44(31)36)23-24-40(37)48(39)45-46-26-38(47-45)28-21-19-27(20-22-28)30-12-7-14-35-33-10-2-5-17-41(33)49-43(30)35/h1-26,45H. The van der Waals surface area contributed by atoms with Crippen LogP contribution in [-0.4, -0.2) is 16.5 Å². The zero-order valence-electron chi connectivity index (χ0n) is 26.7. The van der Waals surface area contributed by atoms with E-state index >= 15 is 0 Å². The van der Waals surface area contributed by atoms with Gasteiger partial charge >= 0.3 is 0 Å². The number of aromatic nitrogens is 1. The third-order valence-electron chi connectivity index (χ3n) is 10.1. The van der Waals surface area contributed by atoms with Crippen molar-refractivity contribution in [2.24, 2.45) is 9.98 Å². The first-order valence-electron chi connectivity index (χ1n) is 16.8. The number of fused-ring (bicyclic) bond motifs is 9. The molecule has 4 heterocycles. The van der Waals surface area contributed by atoms with Crippen molar-refractivity contribution in [2.45, 2.75) is 6.29 Å². The number of thiophene rings is 2. The number of benzene rings is 7. The van der Waals surface area contributed by atoms with Crippen molar-refractivity contribution in [2.75, 3.05) is 0 Å². The second-order valence-corrected chi connectivity index (χ2v) is 15.0. The van der Waals surface area contributed by atoms with Gasteiger partial charge in [-0.25, -0.2) is 9.98 Å². The van der Waals surface area contributed by atoms with Crippen LogP contribution in [0.25, 0.3) is 84.4 Å². The molecule has 50 heavy (non-hydrogen) atoms. The van der Waals surface area contributed by atoms with Crippen LogP contribution in [-0.2, 0) is 0 Å². The highest BCUT2D eigenvalue weighted by atomic mass is 32.1. The number of hydrogen-bond acceptors (Lipinski definition) is 4. The van der Waals surface area contributed by atoms with E-state index in [0.29, 0.717) is 0 Å². The van der Waals surface area contributed by atoms with Gasteiger partial charge in [-0.3, -0.25) is 4.57 Å². The number of nitrogens with zero attached hydrogens (tertiary/aromatic N) is 3. The van der Waals surface area contributed by atoms with Crippen molar-refractivity contribution in [3.8, 4) is 22.3 Å². The topological polar surface area (TPSA) is 29.6 Å². The third-order valence-corrected chi connectivity index (χ3v) is 12.6. The lowest BCUT2D eigenvalue weighted by atomic mass is 10.0. The van der Waals surface area contributed by atoms with Crippen LogP contribution in [0.2, 0.25) is 0 Å². The van der Waals surface area contributed by atoms with Crippen LogP contribution in [0.3, 0.4) is 0 Å². The lowest BCUT2D eigenvalue weighted by Crippen LogP contribution is -2.03. The molecule has 234 valence electrons. The fourth-order valence-corrected chi connectivity index (χ4v) is 10.3. The first-order chi connectivity index (χ1) is 24.8. The molecule has 1 unspecified atom stereocenters. The Balaban J connectivity index is 0.975. The second kappa shape index (κ2) is 10.8. The lowest BCUT2D eigenvalue weighted by molar-refractivity contribution is 0.599. The van der Waals surface area contributed by atoms with Crippen molar-refractivity contribution in [1.29, 1.82) is 0 Å². The molecule has 0 radical (unpaired) electrons. The molecule has 7 aromatic carbocycles. The van der Waals surface area contributed by atoms with Crippen molar-refractivity contribution < 1.29 is 0 Å². The predicted molar refractivity (Wildman–Crippen MR) is 217 cm³/mol. The molecule has 0 saturated carbocycles. The van der Waals surface area contributed by atoms with E-state index in [1.165, 1.54) is 73.4 Å². The summed E-state index contributed by atoms with van der Waals surface area (Å²) in [5.41, 5.74) is 9.22. The Hall–Kier alpha value is -5.88. The fourth-order valence-electron chi connectivity index (χ4n) is 7.79. The molecule has 0 N–H and O–H groups in total. The van der Waals surface area contributed by atoms with Crippen molar-refractivity contribution in [3.05, 3.63) is 157 Å². The molecule has 1 atom stereocenters. The molecule has 1 aliphatic heterocycles. The van der Waals surface area contributed by atoms with Gasteiger partial charge in [-0.05, 0) is 52.6 Å². The lowest BCUT2D eigenvalue weighted by Gasteiger charge is -2.11. The summed E-state index contributed by atoms with van der Waals surface area (Å²) in [5, 5.41) is 7.71. The zero-order valence-corrected chi connectivity index (χ0v) is 28.4. The molecular weight excluding hydrogens is 647 g/mol. The minimum atomic E-state index is -0.365. The van der Waals surface area contributed by atoms with Crippen LogP contribution in [0.4, 0.5) is 0 Å². The van der Waals surface area contributed by atoms with Gasteiger partial charge in [-0.1, -0.05) is 121 Å². The van der Waals surface area contributed by atoms with Gasteiger partial charge in [0.2, 0.25) is 6.29 Å². The fraction of sp³-hybridized carbons (Fsp3) is 0.0222. The first-order valence-corrected chi connectivity index (χ1v) is 18.5. The van der Waals surface area contributed by atoms with E-state index < -0.39 is 0 Å². The molecule has 1 aliphatic rings. The van der Waals surface area contributed by atoms with E-state index in [1.807, 2.05) is 28.9 Å². The van der Waals surface area contributed by atoms with Gasteiger partial charge in [0.05, 0.1) is 23.0 Å². The summed E-state index contributed by atoms with van der Waals surface area (Å²) in [6, 6.07) is 55.0. The van der Waals surface area contributed by atoms with Crippen LogP contribution in [0.15, 0.2) is 162 Å². The molecule has 0 bridgehead atoms. The largest absolute Gasteiger partial charge is 0.299 e. The molecule has 0 saturated heterocycles. The minimum absolute atomic E-state index is 0.365. The average molecular weight is 674 g/mol. The Labute approximate surface area is 295 Å². The molecule has 0 fully saturated rings. The van der Waals surface area contributed by atoms with Crippen LogP contribution >= 0.6 is 22.7 Å². The van der Waals surface area contributed by atoms with Crippen LogP contribution < -0.4 is 0 Å². The van der Waals surface area contributed by atoms with Gasteiger partial charge in [0.25, 0.3) is 0 Å². The number of hydrogen-bond donors (Lipinski definition) is 0. The highest BCUT2D eigenvalue weighted by Gasteiger charge is 2.22. The molecule has 3 nitrogen and oxygen atoms in total. The number of rotatable bonds is 4. The van der Waals surface area contributed by atoms with Crippen molar-refractivity contribution in [1.82, 2.24) is 4.57 Å². The Morgan fingerprint density at radius 2 is 0.980 bits per heavy atom. The van der Waals surface area contributed by atoms with Gasteiger partial charge in [0.1, 0.15) is 0 Å². The SMILES string of the molecule is C1=NC(n2c3ccccc3c3cc(-c4cccc5c4sc4ccccc45)ccc32)N=C1c1ccc(-c2cccc3c2sc2ccccc23)cc1. The Kier molecular flexibility index (Phi) is 6.06. The molecule has 3 aromatic heterocycles. The molecule has 5 heteroatoms. The average Bonchev–Trinajstić information content (AvgIpc) is 3.96. The van der Waals surface area contributed by atoms with Gasteiger partial charge in [0.15, 0.2) is 0 Å². The van der Waals surface area contributed by atoms with Crippen LogP contribution in [0.1, 0.15) is 11.9 Å². The van der Waals surface area contributed by atoms with E-state index in [2.05, 4.69) is 156 Å². The summed E-state index contributed by atoms with van der Waals surface area (Å²) >= 11 is 3.74. The number of aliphatic imine (C=N–C) groups is 2. The van der Waals surface area contributed by atoms with E-state index in [1.54, 1.807) is 0 Å². The molecular formula is C45H27N3S2. The maximum Gasteiger partial charge on any atom is 0.221 e. The molecule has 10 aromatic rings. The van der Waals surface area contributed by atoms with E-state index in [0.717, 1.165) is 22.3 Å². The molecule has 0 spiro atoms. The first kappa shape index (κ1) is 28.0. The number of para-hydroxylation sites is 1. The Bertz CT molecular complexity index is 3050. The molecule has 11 rings (SSSR count). The Morgan fingerprint density at radius 3 is 1.68 bits per heavy atom. The van der Waals surface area contributed by atoms with Gasteiger partial charge < -0.3 is 0 Å². The van der Waals surface area contributed by atoms with E-state index in [9.17, 15) is 0 Å². The Morgan fingerprint density at radius 1 is 0.440 bits per heavy atom. The summed E-state index contributed by atoms with van der Waals surface area (Å²) in [7, 11) is 0. The highest BCUT2D eigenvalue weighted by molar-refractivity contribution is 7.26. The summed E-state index contributed by atoms with van der Waals surface area (Å²) in [5.74, 6) is 0. The quantitative estimate of drug-likeness (QED) is 0.178. The monoisotopic (exact) mass is 673 g/mol. The highest BCUT2D eigenvalue weighted by Crippen LogP contribution is 2.43.